The Labute approximate surface area is 157 Å². The van der Waals surface area contributed by atoms with Crippen LogP contribution >= 0.6 is 0 Å². The molecule has 0 atom stereocenters. The Hall–Kier alpha value is -2.73. The van der Waals surface area contributed by atoms with Crippen molar-refractivity contribution >= 4 is 17.5 Å². The molecule has 5 nitrogen and oxygen atoms in total. The monoisotopic (exact) mass is 370 g/mol. The first kappa shape index (κ1) is 19.0. The summed E-state index contributed by atoms with van der Waals surface area (Å²) in [7, 11) is 0. The van der Waals surface area contributed by atoms with Crippen LogP contribution in [0.25, 0.3) is 0 Å². The third kappa shape index (κ3) is 4.71. The average Bonchev–Trinajstić information content (AvgIpc) is 2.67. The lowest BCUT2D eigenvalue weighted by atomic mass is 9.74. The molecule has 2 amide bonds. The van der Waals surface area contributed by atoms with Crippen LogP contribution in [0.3, 0.4) is 0 Å². The average molecular weight is 370 g/mol. The normalized spacial score (nSPS) is 15.8. The zero-order chi connectivity index (χ0) is 19.3. The summed E-state index contributed by atoms with van der Waals surface area (Å²) < 4.78 is 18.7. The number of carbonyl (C=O) groups is 2. The van der Waals surface area contributed by atoms with E-state index in [4.69, 9.17) is 4.74 Å². The van der Waals surface area contributed by atoms with Crippen LogP contribution in [0, 0.1) is 12.7 Å². The van der Waals surface area contributed by atoms with E-state index < -0.39 is 11.8 Å². The summed E-state index contributed by atoms with van der Waals surface area (Å²) >= 11 is 0. The van der Waals surface area contributed by atoms with Gasteiger partial charge >= 0.3 is 11.8 Å². The van der Waals surface area contributed by atoms with E-state index >= 15 is 0 Å². The number of nitrogens with one attached hydrogen (secondary N) is 2. The molecule has 2 N–H and O–H groups in total. The smallest absolute Gasteiger partial charge is 0.313 e. The number of ether oxygens (including phenoxy) is 1. The third-order valence-electron chi connectivity index (χ3n) is 4.98. The van der Waals surface area contributed by atoms with Crippen LogP contribution in [0.5, 0.6) is 0 Å². The Morgan fingerprint density at radius 1 is 1.07 bits per heavy atom. The molecule has 0 aliphatic carbocycles. The summed E-state index contributed by atoms with van der Waals surface area (Å²) in [5.74, 6) is -1.70. The molecule has 0 saturated carbocycles. The van der Waals surface area contributed by atoms with Crippen molar-refractivity contribution in [1.82, 2.24) is 5.32 Å². The number of benzene rings is 2. The molecule has 0 radical (unpaired) electrons. The van der Waals surface area contributed by atoms with Crippen molar-refractivity contribution in [1.29, 1.82) is 0 Å². The minimum absolute atomic E-state index is 0.294. The van der Waals surface area contributed by atoms with E-state index in [1.165, 1.54) is 12.1 Å². The number of amides is 2. The zero-order valence-corrected chi connectivity index (χ0v) is 15.3. The molecule has 0 bridgehead atoms. The molecule has 27 heavy (non-hydrogen) atoms. The molecule has 1 aliphatic heterocycles. The van der Waals surface area contributed by atoms with Crippen molar-refractivity contribution in [2.24, 2.45) is 0 Å². The number of carbonyl (C=O) groups excluding carboxylic acids is 2. The van der Waals surface area contributed by atoms with Crippen molar-refractivity contribution in [2.45, 2.75) is 25.2 Å². The Balaban J connectivity index is 1.67. The Kier molecular flexibility index (Phi) is 5.86. The molecular formula is C21H23FN2O3. The van der Waals surface area contributed by atoms with Gasteiger partial charge in [0.1, 0.15) is 5.82 Å². The highest BCUT2D eigenvalue weighted by Gasteiger charge is 2.35. The predicted octanol–water partition coefficient (Wildman–Crippen LogP) is 2.94. The molecule has 6 heteroatoms. The molecule has 1 aliphatic rings. The fourth-order valence-electron chi connectivity index (χ4n) is 3.37. The first-order valence-corrected chi connectivity index (χ1v) is 8.98. The van der Waals surface area contributed by atoms with Gasteiger partial charge < -0.3 is 15.4 Å². The first-order chi connectivity index (χ1) is 13.0. The van der Waals surface area contributed by atoms with Gasteiger partial charge in [0, 0.05) is 30.9 Å². The Bertz CT molecular complexity index is 814. The lowest BCUT2D eigenvalue weighted by Crippen LogP contribution is -2.47. The van der Waals surface area contributed by atoms with Gasteiger partial charge in [0.2, 0.25) is 0 Å². The lowest BCUT2D eigenvalue weighted by Gasteiger charge is -2.37. The van der Waals surface area contributed by atoms with Crippen LogP contribution in [0.1, 0.15) is 24.0 Å². The molecule has 3 rings (SSSR count). The quantitative estimate of drug-likeness (QED) is 0.813. The van der Waals surface area contributed by atoms with Gasteiger partial charge in [0.25, 0.3) is 0 Å². The van der Waals surface area contributed by atoms with E-state index in [0.29, 0.717) is 38.3 Å². The molecule has 0 spiro atoms. The van der Waals surface area contributed by atoms with Crippen molar-refractivity contribution in [2.75, 3.05) is 25.1 Å². The predicted molar refractivity (Wildman–Crippen MR) is 101 cm³/mol. The van der Waals surface area contributed by atoms with E-state index in [1.54, 1.807) is 24.3 Å². The minimum atomic E-state index is -0.707. The number of aryl methyl sites for hydroxylation is 1. The van der Waals surface area contributed by atoms with Crippen LogP contribution in [0.2, 0.25) is 0 Å². The van der Waals surface area contributed by atoms with Crippen molar-refractivity contribution < 1.29 is 18.7 Å². The van der Waals surface area contributed by atoms with Gasteiger partial charge in [-0.25, -0.2) is 4.39 Å². The van der Waals surface area contributed by atoms with Gasteiger partial charge in [0.05, 0.1) is 0 Å². The Morgan fingerprint density at radius 3 is 2.44 bits per heavy atom. The van der Waals surface area contributed by atoms with Gasteiger partial charge in [-0.3, -0.25) is 9.59 Å². The van der Waals surface area contributed by atoms with Crippen molar-refractivity contribution in [3.05, 3.63) is 65.5 Å². The van der Waals surface area contributed by atoms with Gasteiger partial charge in [-0.2, -0.15) is 0 Å². The van der Waals surface area contributed by atoms with Crippen molar-refractivity contribution in [3.63, 3.8) is 0 Å². The van der Waals surface area contributed by atoms with E-state index in [1.807, 2.05) is 19.1 Å². The van der Waals surface area contributed by atoms with Crippen LogP contribution in [0.4, 0.5) is 10.1 Å². The Morgan fingerprint density at radius 2 is 1.78 bits per heavy atom. The van der Waals surface area contributed by atoms with Crippen LogP contribution in [-0.2, 0) is 19.7 Å². The zero-order valence-electron chi connectivity index (χ0n) is 15.3. The van der Waals surface area contributed by atoms with Gasteiger partial charge in [-0.15, -0.1) is 0 Å². The molecule has 1 saturated heterocycles. The lowest BCUT2D eigenvalue weighted by molar-refractivity contribution is -0.136. The fourth-order valence-corrected chi connectivity index (χ4v) is 3.37. The second-order valence-electron chi connectivity index (χ2n) is 6.91. The highest BCUT2D eigenvalue weighted by molar-refractivity contribution is 6.39. The molecule has 1 heterocycles. The summed E-state index contributed by atoms with van der Waals surface area (Å²) in [6, 6.07) is 13.6. The van der Waals surface area contributed by atoms with E-state index in [2.05, 4.69) is 10.6 Å². The van der Waals surface area contributed by atoms with Gasteiger partial charge in [-0.05, 0) is 55.2 Å². The van der Waals surface area contributed by atoms with Crippen LogP contribution in [0.15, 0.2) is 48.5 Å². The number of anilines is 1. The summed E-state index contributed by atoms with van der Waals surface area (Å²) in [5.41, 5.74) is 2.14. The second-order valence-corrected chi connectivity index (χ2v) is 6.91. The molecular weight excluding hydrogens is 347 g/mol. The maximum Gasteiger partial charge on any atom is 0.313 e. The van der Waals surface area contributed by atoms with E-state index in [0.717, 1.165) is 11.1 Å². The molecule has 0 aromatic heterocycles. The second kappa shape index (κ2) is 8.31. The maximum atomic E-state index is 13.3. The fraction of sp³-hybridized carbons (Fsp3) is 0.333. The minimum Gasteiger partial charge on any atom is -0.381 e. The van der Waals surface area contributed by atoms with Gasteiger partial charge in [0.15, 0.2) is 0 Å². The number of hydrogen-bond acceptors (Lipinski definition) is 3. The molecule has 0 unspecified atom stereocenters. The topological polar surface area (TPSA) is 67.4 Å². The summed E-state index contributed by atoms with van der Waals surface area (Å²) in [5, 5.41) is 5.35. The highest BCUT2D eigenvalue weighted by atomic mass is 19.1. The molecule has 2 aromatic carbocycles. The molecule has 1 fully saturated rings. The van der Waals surface area contributed by atoms with E-state index in [9.17, 15) is 14.0 Å². The number of rotatable bonds is 4. The van der Waals surface area contributed by atoms with Crippen LogP contribution in [-0.4, -0.2) is 31.6 Å². The van der Waals surface area contributed by atoms with Crippen molar-refractivity contribution in [3.8, 4) is 0 Å². The summed E-state index contributed by atoms with van der Waals surface area (Å²) in [6.07, 6.45) is 1.39. The standard InChI is InChI=1S/C21H23FN2O3/c1-15-3-2-4-18(13-15)24-20(26)19(25)23-14-21(9-11-27-12-10-21)16-5-7-17(22)8-6-16/h2-8,13H,9-12,14H2,1H3,(H,23,25)(H,24,26). The highest BCUT2D eigenvalue weighted by Crippen LogP contribution is 2.34. The largest absolute Gasteiger partial charge is 0.381 e. The first-order valence-electron chi connectivity index (χ1n) is 8.98. The number of hydrogen-bond donors (Lipinski definition) is 2. The summed E-state index contributed by atoms with van der Waals surface area (Å²) in [6.45, 7) is 3.32. The molecule has 142 valence electrons. The third-order valence-corrected chi connectivity index (χ3v) is 4.98. The van der Waals surface area contributed by atoms with Gasteiger partial charge in [-0.1, -0.05) is 24.3 Å². The molecule has 2 aromatic rings. The summed E-state index contributed by atoms with van der Waals surface area (Å²) in [4.78, 5) is 24.5. The van der Waals surface area contributed by atoms with E-state index in [-0.39, 0.29) is 11.2 Å². The maximum absolute atomic E-state index is 13.3. The SMILES string of the molecule is Cc1cccc(NC(=O)C(=O)NCC2(c3ccc(F)cc3)CCOCC2)c1. The number of halogens is 1. The van der Waals surface area contributed by atoms with Crippen LogP contribution < -0.4 is 10.6 Å².